The van der Waals surface area contributed by atoms with Crippen molar-refractivity contribution in [2.75, 3.05) is 19.6 Å². The van der Waals surface area contributed by atoms with Crippen molar-refractivity contribution >= 4 is 17.8 Å². The quantitative estimate of drug-likeness (QED) is 0.497. The molecule has 0 heterocycles. The van der Waals surface area contributed by atoms with Gasteiger partial charge in [0.25, 0.3) is 0 Å². The van der Waals surface area contributed by atoms with Crippen LogP contribution in [0.3, 0.4) is 0 Å². The van der Waals surface area contributed by atoms with Crippen molar-refractivity contribution in [1.29, 1.82) is 0 Å². The Balaban J connectivity index is 2.15. The Morgan fingerprint density at radius 3 is 2.21 bits per heavy atom. The second kappa shape index (κ2) is 7.73. The van der Waals surface area contributed by atoms with Crippen molar-refractivity contribution in [2.45, 2.75) is 25.7 Å². The monoisotopic (exact) mass is 271 g/mol. The molecule has 0 radical (unpaired) electrons. The molecule has 1 aliphatic carbocycles. The molecule has 1 saturated carbocycles. The predicted octanol–water partition coefficient (Wildman–Crippen LogP) is -0.931. The second-order valence-corrected chi connectivity index (χ2v) is 4.84. The van der Waals surface area contributed by atoms with Gasteiger partial charge in [0.05, 0.1) is 19.0 Å². The van der Waals surface area contributed by atoms with E-state index >= 15 is 0 Å². The summed E-state index contributed by atoms with van der Waals surface area (Å²) in [5.74, 6) is -1.26. The van der Waals surface area contributed by atoms with E-state index in [0.717, 1.165) is 12.8 Å². The maximum absolute atomic E-state index is 11.4. The number of carbonyl (C=O) groups excluding carboxylic acids is 2. The van der Waals surface area contributed by atoms with Crippen LogP contribution >= 0.6 is 0 Å². The lowest BCUT2D eigenvalue weighted by molar-refractivity contribution is -0.143. The maximum atomic E-state index is 11.4. The molecule has 7 nitrogen and oxygen atoms in total. The van der Waals surface area contributed by atoms with Gasteiger partial charge in [-0.15, -0.1) is 0 Å². The van der Waals surface area contributed by atoms with Gasteiger partial charge in [0.15, 0.2) is 0 Å². The van der Waals surface area contributed by atoms with Crippen LogP contribution in [0.1, 0.15) is 25.7 Å². The number of amides is 2. The number of carboxylic acids is 1. The summed E-state index contributed by atoms with van der Waals surface area (Å²) in [7, 11) is 0. The largest absolute Gasteiger partial charge is 0.481 e. The van der Waals surface area contributed by atoms with Crippen molar-refractivity contribution in [3.63, 3.8) is 0 Å². The molecule has 0 aliphatic heterocycles. The van der Waals surface area contributed by atoms with Crippen LogP contribution in [0, 0.1) is 11.8 Å². The van der Waals surface area contributed by atoms with Crippen molar-refractivity contribution < 1.29 is 19.5 Å². The molecule has 1 fully saturated rings. The van der Waals surface area contributed by atoms with E-state index in [-0.39, 0.29) is 30.8 Å². The van der Waals surface area contributed by atoms with Crippen molar-refractivity contribution in [3.05, 3.63) is 0 Å². The van der Waals surface area contributed by atoms with Gasteiger partial charge in [-0.2, -0.15) is 0 Å². The summed E-state index contributed by atoms with van der Waals surface area (Å²) in [5.41, 5.74) is 5.09. The molecule has 0 atom stereocenters. The first-order valence-corrected chi connectivity index (χ1v) is 6.49. The first kappa shape index (κ1) is 15.4. The van der Waals surface area contributed by atoms with Gasteiger partial charge in [-0.3, -0.25) is 14.4 Å². The summed E-state index contributed by atoms with van der Waals surface area (Å²) < 4.78 is 0. The zero-order valence-electron chi connectivity index (χ0n) is 10.9. The molecule has 1 rings (SSSR count). The van der Waals surface area contributed by atoms with Crippen LogP contribution in [0.5, 0.6) is 0 Å². The lowest BCUT2D eigenvalue weighted by Crippen LogP contribution is -2.41. The van der Waals surface area contributed by atoms with E-state index in [1.807, 2.05) is 0 Å². The topological polar surface area (TPSA) is 122 Å². The molecule has 0 aromatic heterocycles. The summed E-state index contributed by atoms with van der Waals surface area (Å²) in [6.45, 7) is 0.330. The maximum Gasteiger partial charge on any atom is 0.306 e. The van der Waals surface area contributed by atoms with Crippen LogP contribution in [0.2, 0.25) is 0 Å². The molecule has 19 heavy (non-hydrogen) atoms. The fourth-order valence-electron chi connectivity index (χ4n) is 2.19. The Morgan fingerprint density at radius 2 is 1.68 bits per heavy atom. The lowest BCUT2D eigenvalue weighted by atomic mass is 9.82. The summed E-state index contributed by atoms with van der Waals surface area (Å²) in [6.07, 6.45) is 2.96. The van der Waals surface area contributed by atoms with E-state index in [2.05, 4.69) is 10.6 Å². The molecule has 0 saturated heterocycles. The van der Waals surface area contributed by atoms with Crippen LogP contribution in [-0.4, -0.2) is 42.5 Å². The molecule has 5 N–H and O–H groups in total. The Hall–Kier alpha value is -1.63. The molecule has 0 aromatic carbocycles. The molecule has 1 aliphatic rings. The van der Waals surface area contributed by atoms with Gasteiger partial charge in [0.2, 0.25) is 11.8 Å². The molecule has 0 unspecified atom stereocenters. The summed E-state index contributed by atoms with van der Waals surface area (Å²) in [5, 5.41) is 14.0. The molecule has 7 heteroatoms. The normalized spacial score (nSPS) is 22.6. The zero-order valence-corrected chi connectivity index (χ0v) is 10.9. The molecule has 2 amide bonds. The van der Waals surface area contributed by atoms with Crippen molar-refractivity contribution in [1.82, 2.24) is 10.6 Å². The Morgan fingerprint density at radius 1 is 1.05 bits per heavy atom. The summed E-state index contributed by atoms with van der Waals surface area (Å²) in [4.78, 5) is 33.1. The standard InChI is InChI=1S/C12H21N3O4/c13-5-10(16)15-7-11(17)14-6-8-1-3-9(4-2-8)12(18)19/h8-9H,1-7,13H2,(H,14,17)(H,15,16)(H,18,19). The van der Waals surface area contributed by atoms with E-state index < -0.39 is 5.97 Å². The third-order valence-corrected chi connectivity index (χ3v) is 3.42. The van der Waals surface area contributed by atoms with E-state index in [0.29, 0.717) is 25.3 Å². The van der Waals surface area contributed by atoms with E-state index in [1.54, 1.807) is 0 Å². The molecule has 108 valence electrons. The Labute approximate surface area is 111 Å². The minimum Gasteiger partial charge on any atom is -0.481 e. The van der Waals surface area contributed by atoms with Gasteiger partial charge in [0.1, 0.15) is 0 Å². The lowest BCUT2D eigenvalue weighted by Gasteiger charge is -2.26. The fourth-order valence-corrected chi connectivity index (χ4v) is 2.19. The molecular weight excluding hydrogens is 250 g/mol. The first-order chi connectivity index (χ1) is 9.02. The average Bonchev–Trinajstić information content (AvgIpc) is 2.42. The highest BCUT2D eigenvalue weighted by Gasteiger charge is 2.25. The Bertz CT molecular complexity index is 338. The third kappa shape index (κ3) is 5.69. The van der Waals surface area contributed by atoms with Gasteiger partial charge in [0, 0.05) is 6.54 Å². The smallest absolute Gasteiger partial charge is 0.306 e. The zero-order chi connectivity index (χ0) is 14.3. The second-order valence-electron chi connectivity index (χ2n) is 4.84. The van der Waals surface area contributed by atoms with Crippen molar-refractivity contribution in [3.8, 4) is 0 Å². The van der Waals surface area contributed by atoms with Crippen molar-refractivity contribution in [2.24, 2.45) is 17.6 Å². The van der Waals surface area contributed by atoms with Gasteiger partial charge in [-0.25, -0.2) is 0 Å². The van der Waals surface area contributed by atoms with Crippen LogP contribution in [-0.2, 0) is 14.4 Å². The number of aliphatic carboxylic acids is 1. The van der Waals surface area contributed by atoms with E-state index in [9.17, 15) is 14.4 Å². The number of hydrogen-bond acceptors (Lipinski definition) is 4. The Kier molecular flexibility index (Phi) is 6.27. The minimum atomic E-state index is -0.730. The van der Waals surface area contributed by atoms with Gasteiger partial charge < -0.3 is 21.5 Å². The molecule has 0 spiro atoms. The fraction of sp³-hybridized carbons (Fsp3) is 0.750. The highest BCUT2D eigenvalue weighted by atomic mass is 16.4. The van der Waals surface area contributed by atoms with E-state index in [4.69, 9.17) is 10.8 Å². The van der Waals surface area contributed by atoms with Crippen LogP contribution in [0.4, 0.5) is 0 Å². The average molecular weight is 271 g/mol. The summed E-state index contributed by atoms with van der Waals surface area (Å²) >= 11 is 0. The molecule has 0 bridgehead atoms. The number of hydrogen-bond donors (Lipinski definition) is 4. The number of nitrogens with one attached hydrogen (secondary N) is 2. The molecule has 0 aromatic rings. The van der Waals surface area contributed by atoms with Gasteiger partial charge in [-0.05, 0) is 31.6 Å². The summed E-state index contributed by atoms with van der Waals surface area (Å²) in [6, 6.07) is 0. The van der Waals surface area contributed by atoms with Crippen LogP contribution < -0.4 is 16.4 Å². The van der Waals surface area contributed by atoms with E-state index in [1.165, 1.54) is 0 Å². The highest BCUT2D eigenvalue weighted by molar-refractivity contribution is 5.85. The van der Waals surface area contributed by atoms with Crippen LogP contribution in [0.25, 0.3) is 0 Å². The number of rotatable bonds is 6. The third-order valence-electron chi connectivity index (χ3n) is 3.42. The minimum absolute atomic E-state index is 0.0689. The predicted molar refractivity (Wildman–Crippen MR) is 68.2 cm³/mol. The van der Waals surface area contributed by atoms with Gasteiger partial charge >= 0.3 is 5.97 Å². The molecular formula is C12H21N3O4. The number of carboxylic acid groups (broad SMARTS) is 1. The van der Waals surface area contributed by atoms with Crippen LogP contribution in [0.15, 0.2) is 0 Å². The SMILES string of the molecule is NCC(=O)NCC(=O)NCC1CCC(C(=O)O)CC1. The highest BCUT2D eigenvalue weighted by Crippen LogP contribution is 2.28. The number of nitrogens with two attached hydrogens (primary N) is 1. The first-order valence-electron chi connectivity index (χ1n) is 6.49. The van der Waals surface area contributed by atoms with Gasteiger partial charge in [-0.1, -0.05) is 0 Å². The number of carbonyl (C=O) groups is 3.